The van der Waals surface area contributed by atoms with Crippen LogP contribution in [-0.2, 0) is 27.2 Å². The predicted molar refractivity (Wildman–Crippen MR) is 114 cm³/mol. The molecule has 0 saturated carbocycles. The van der Waals surface area contributed by atoms with Gasteiger partial charge in [-0.1, -0.05) is 30.3 Å². The van der Waals surface area contributed by atoms with Crippen molar-refractivity contribution in [2.24, 2.45) is 0 Å². The summed E-state index contributed by atoms with van der Waals surface area (Å²) in [5, 5.41) is 3.67. The van der Waals surface area contributed by atoms with E-state index < -0.39 is 18.5 Å². The first kappa shape index (κ1) is 20.7. The van der Waals surface area contributed by atoms with Crippen LogP contribution in [0.2, 0.25) is 0 Å². The summed E-state index contributed by atoms with van der Waals surface area (Å²) in [4.78, 5) is 36.1. The van der Waals surface area contributed by atoms with E-state index >= 15 is 0 Å². The van der Waals surface area contributed by atoms with Gasteiger partial charge in [-0.15, -0.1) is 0 Å². The van der Waals surface area contributed by atoms with Crippen LogP contribution in [0.4, 0.5) is 0 Å². The van der Waals surface area contributed by atoms with Crippen LogP contribution in [0, 0.1) is 0 Å². The van der Waals surface area contributed by atoms with Crippen molar-refractivity contribution >= 4 is 22.8 Å². The molecule has 0 aliphatic heterocycles. The standard InChI is InChI=1S/C24H23NO6/c1-15(16-6-3-2-4-7-16)25-22(26)13-30-23(27)14-29-17-10-11-19-18-8-5-9-20(18)24(28)31-21(19)12-17/h2-4,6-7,10-12,15H,5,8-9,13-14H2,1H3,(H,25,26)/t15-/m0/s1. The van der Waals surface area contributed by atoms with Crippen molar-refractivity contribution < 1.29 is 23.5 Å². The van der Waals surface area contributed by atoms with Gasteiger partial charge >= 0.3 is 11.6 Å². The zero-order chi connectivity index (χ0) is 21.8. The maximum absolute atomic E-state index is 12.1. The summed E-state index contributed by atoms with van der Waals surface area (Å²) in [7, 11) is 0. The zero-order valence-electron chi connectivity index (χ0n) is 17.2. The fourth-order valence-electron chi connectivity index (χ4n) is 3.79. The average Bonchev–Trinajstić information content (AvgIpc) is 3.27. The van der Waals surface area contributed by atoms with Gasteiger partial charge in [0.05, 0.1) is 6.04 Å². The molecule has 0 bridgehead atoms. The van der Waals surface area contributed by atoms with E-state index in [2.05, 4.69) is 5.32 Å². The highest BCUT2D eigenvalue weighted by atomic mass is 16.6. The quantitative estimate of drug-likeness (QED) is 0.465. The molecule has 0 fully saturated rings. The molecule has 31 heavy (non-hydrogen) atoms. The molecule has 1 N–H and O–H groups in total. The highest BCUT2D eigenvalue weighted by Gasteiger charge is 2.20. The van der Waals surface area contributed by atoms with Gasteiger partial charge in [-0.25, -0.2) is 9.59 Å². The van der Waals surface area contributed by atoms with Crippen LogP contribution < -0.4 is 15.7 Å². The Morgan fingerprint density at radius 1 is 1.06 bits per heavy atom. The highest BCUT2D eigenvalue weighted by molar-refractivity contribution is 5.83. The van der Waals surface area contributed by atoms with Crippen LogP contribution >= 0.6 is 0 Å². The fourth-order valence-corrected chi connectivity index (χ4v) is 3.79. The van der Waals surface area contributed by atoms with Crippen LogP contribution in [0.3, 0.4) is 0 Å². The van der Waals surface area contributed by atoms with E-state index in [9.17, 15) is 14.4 Å². The topological polar surface area (TPSA) is 94.8 Å². The van der Waals surface area contributed by atoms with Gasteiger partial charge in [-0.05, 0) is 49.4 Å². The third-order valence-corrected chi connectivity index (χ3v) is 5.34. The Bertz CT molecular complexity index is 1170. The molecule has 1 amide bonds. The van der Waals surface area contributed by atoms with E-state index in [-0.39, 0.29) is 18.3 Å². The van der Waals surface area contributed by atoms with Gasteiger partial charge in [0.25, 0.3) is 5.91 Å². The molecular weight excluding hydrogens is 398 g/mol. The molecule has 1 aliphatic carbocycles. The summed E-state index contributed by atoms with van der Waals surface area (Å²) >= 11 is 0. The Morgan fingerprint density at radius 3 is 2.65 bits per heavy atom. The van der Waals surface area contributed by atoms with Gasteiger partial charge in [0.15, 0.2) is 13.2 Å². The molecule has 7 nitrogen and oxygen atoms in total. The number of carbonyl (C=O) groups excluding carboxylic acids is 2. The van der Waals surface area contributed by atoms with Gasteiger partial charge in [-0.2, -0.15) is 0 Å². The number of fused-ring (bicyclic) bond motifs is 3. The number of amides is 1. The lowest BCUT2D eigenvalue weighted by Crippen LogP contribution is -2.31. The average molecular weight is 421 g/mol. The first-order valence-electron chi connectivity index (χ1n) is 10.2. The smallest absolute Gasteiger partial charge is 0.344 e. The predicted octanol–water partition coefficient (Wildman–Crippen LogP) is 3.08. The second-order valence-electron chi connectivity index (χ2n) is 7.51. The molecule has 4 rings (SSSR count). The number of hydrogen-bond donors (Lipinski definition) is 1. The lowest BCUT2D eigenvalue weighted by molar-refractivity contribution is -0.150. The summed E-state index contributed by atoms with van der Waals surface area (Å²) < 4.78 is 15.8. The van der Waals surface area contributed by atoms with Crippen LogP contribution in [0.1, 0.15) is 36.1 Å². The van der Waals surface area contributed by atoms with E-state index in [1.807, 2.05) is 43.3 Å². The Balaban J connectivity index is 1.29. The van der Waals surface area contributed by atoms with Gasteiger partial charge in [0, 0.05) is 17.0 Å². The SMILES string of the molecule is C[C@H](NC(=O)COC(=O)COc1ccc2c3c(c(=O)oc2c1)CCC3)c1ccccc1. The van der Waals surface area contributed by atoms with Gasteiger partial charge in [-0.3, -0.25) is 4.79 Å². The Morgan fingerprint density at radius 2 is 1.84 bits per heavy atom. The number of carbonyl (C=O) groups is 2. The minimum atomic E-state index is -0.669. The summed E-state index contributed by atoms with van der Waals surface area (Å²) in [6.07, 6.45) is 2.55. The monoisotopic (exact) mass is 421 g/mol. The van der Waals surface area contributed by atoms with Crippen molar-refractivity contribution in [1.29, 1.82) is 0 Å². The van der Waals surface area contributed by atoms with Gasteiger partial charge in [0.2, 0.25) is 0 Å². The van der Waals surface area contributed by atoms with E-state index in [1.54, 1.807) is 12.1 Å². The Labute approximate surface area is 179 Å². The van der Waals surface area contributed by atoms with Crippen LogP contribution in [0.5, 0.6) is 5.75 Å². The third-order valence-electron chi connectivity index (χ3n) is 5.34. The minimum Gasteiger partial charge on any atom is -0.482 e. The zero-order valence-corrected chi connectivity index (χ0v) is 17.2. The maximum atomic E-state index is 12.1. The van der Waals surface area contributed by atoms with E-state index in [0.29, 0.717) is 11.3 Å². The lowest BCUT2D eigenvalue weighted by atomic mass is 10.1. The summed E-state index contributed by atoms with van der Waals surface area (Å²) in [5.41, 5.74) is 2.87. The number of benzene rings is 2. The van der Waals surface area contributed by atoms with Gasteiger partial charge in [0.1, 0.15) is 11.3 Å². The van der Waals surface area contributed by atoms with Crippen LogP contribution in [0.25, 0.3) is 11.0 Å². The number of hydrogen-bond acceptors (Lipinski definition) is 6. The number of ether oxygens (including phenoxy) is 2. The van der Waals surface area contributed by atoms with Crippen molar-refractivity contribution in [1.82, 2.24) is 5.32 Å². The molecule has 1 aliphatic rings. The van der Waals surface area contributed by atoms with Crippen LogP contribution in [-0.4, -0.2) is 25.1 Å². The van der Waals surface area contributed by atoms with Crippen molar-refractivity contribution in [3.63, 3.8) is 0 Å². The van der Waals surface area contributed by atoms with Crippen molar-refractivity contribution in [3.8, 4) is 5.75 Å². The second-order valence-corrected chi connectivity index (χ2v) is 7.51. The first-order valence-corrected chi connectivity index (χ1v) is 10.2. The molecule has 7 heteroatoms. The Hall–Kier alpha value is -3.61. The minimum absolute atomic E-state index is 0.197. The van der Waals surface area contributed by atoms with E-state index in [0.717, 1.165) is 41.3 Å². The molecule has 1 aromatic heterocycles. The van der Waals surface area contributed by atoms with Crippen molar-refractivity contribution in [2.45, 2.75) is 32.2 Å². The third kappa shape index (κ3) is 4.77. The lowest BCUT2D eigenvalue weighted by Gasteiger charge is -2.14. The fraction of sp³-hybridized carbons (Fsp3) is 0.292. The summed E-state index contributed by atoms with van der Waals surface area (Å²) in [5.74, 6) is -0.684. The molecule has 0 saturated heterocycles. The first-order chi connectivity index (χ1) is 15.0. The molecule has 0 spiro atoms. The number of esters is 1. The number of aryl methyl sites for hydroxylation is 1. The normalized spacial score (nSPS) is 13.5. The van der Waals surface area contributed by atoms with E-state index in [1.165, 1.54) is 0 Å². The molecule has 2 aromatic carbocycles. The number of nitrogens with one attached hydrogen (secondary N) is 1. The van der Waals surface area contributed by atoms with Crippen LogP contribution in [0.15, 0.2) is 57.7 Å². The molecule has 0 unspecified atom stereocenters. The largest absolute Gasteiger partial charge is 0.482 e. The van der Waals surface area contributed by atoms with Crippen molar-refractivity contribution in [2.75, 3.05) is 13.2 Å². The van der Waals surface area contributed by atoms with E-state index in [4.69, 9.17) is 13.9 Å². The number of rotatable bonds is 7. The molecule has 160 valence electrons. The highest BCUT2D eigenvalue weighted by Crippen LogP contribution is 2.29. The summed E-state index contributed by atoms with van der Waals surface area (Å²) in [6.45, 7) is 1.10. The molecular formula is C24H23NO6. The maximum Gasteiger partial charge on any atom is 0.344 e. The molecule has 0 radical (unpaired) electrons. The second kappa shape index (κ2) is 9.04. The Kier molecular flexibility index (Phi) is 6.02. The molecule has 1 heterocycles. The van der Waals surface area contributed by atoms with Gasteiger partial charge < -0.3 is 19.2 Å². The molecule has 1 atom stereocenters. The van der Waals surface area contributed by atoms with Crippen molar-refractivity contribution in [3.05, 3.63) is 75.6 Å². The molecule has 3 aromatic rings. The summed E-state index contributed by atoms with van der Waals surface area (Å²) in [6, 6.07) is 14.4.